The minimum absolute atomic E-state index is 0.0351. The van der Waals surface area contributed by atoms with Gasteiger partial charge in [-0.2, -0.15) is 0 Å². The number of nitrogens with zero attached hydrogens (tertiary/aromatic N) is 1. The molecular formula is C22H19N3O5. The molecule has 152 valence electrons. The summed E-state index contributed by atoms with van der Waals surface area (Å²) >= 11 is 0. The number of H-pyrrole nitrogens is 1. The third kappa shape index (κ3) is 2.64. The molecule has 1 aliphatic heterocycles. The Kier molecular flexibility index (Phi) is 4.01. The van der Waals surface area contributed by atoms with Crippen molar-refractivity contribution in [1.82, 2.24) is 15.2 Å². The number of carboxylic acid groups (broad SMARTS) is 1. The lowest BCUT2D eigenvalue weighted by atomic mass is 9.93. The minimum Gasteiger partial charge on any atom is -0.480 e. The standard InChI is InChI=1S/C22H19N3O5/c1-25(9-16(27)28)8-15(26)10-5-6-14-13(7-10)17-19-18(21(29)24-22(19)30)11-3-2-4-12(11)20(17)23-14/h5-7,23H,2-4,8-9H2,1H3,(H,27,28)(H,24,29,30). The van der Waals surface area contributed by atoms with Crippen LogP contribution in [0.4, 0.5) is 0 Å². The number of carboxylic acids is 1. The van der Waals surface area contributed by atoms with Gasteiger partial charge in [0.25, 0.3) is 11.8 Å². The van der Waals surface area contributed by atoms with E-state index >= 15 is 0 Å². The molecule has 2 heterocycles. The number of Topliss-reactive ketones (excluding diaryl/α,β-unsaturated/α-hetero) is 1. The van der Waals surface area contributed by atoms with E-state index in [4.69, 9.17) is 5.11 Å². The highest BCUT2D eigenvalue weighted by Crippen LogP contribution is 2.41. The average Bonchev–Trinajstić information content (AvgIpc) is 3.35. The molecule has 2 amide bonds. The number of hydrogen-bond acceptors (Lipinski definition) is 5. The predicted octanol–water partition coefficient (Wildman–Crippen LogP) is 1.89. The van der Waals surface area contributed by atoms with Crippen LogP contribution in [0.25, 0.3) is 21.8 Å². The molecule has 0 saturated carbocycles. The topological polar surface area (TPSA) is 120 Å². The first kappa shape index (κ1) is 18.5. The van der Waals surface area contributed by atoms with Crippen LogP contribution in [-0.2, 0) is 17.6 Å². The quantitative estimate of drug-likeness (QED) is 0.441. The van der Waals surface area contributed by atoms with Crippen molar-refractivity contribution in [1.29, 1.82) is 0 Å². The van der Waals surface area contributed by atoms with Crippen molar-refractivity contribution in [2.45, 2.75) is 19.3 Å². The fourth-order valence-electron chi connectivity index (χ4n) is 4.75. The molecular weight excluding hydrogens is 386 g/mol. The second-order valence-electron chi connectivity index (χ2n) is 7.97. The number of aliphatic carboxylic acids is 1. The Morgan fingerprint density at radius 1 is 1.07 bits per heavy atom. The van der Waals surface area contributed by atoms with Crippen LogP contribution in [0, 0.1) is 0 Å². The van der Waals surface area contributed by atoms with Gasteiger partial charge in [-0.05, 0) is 55.6 Å². The summed E-state index contributed by atoms with van der Waals surface area (Å²) in [6.07, 6.45) is 2.53. The highest BCUT2D eigenvalue weighted by atomic mass is 16.4. The molecule has 0 fully saturated rings. The maximum atomic E-state index is 12.7. The summed E-state index contributed by atoms with van der Waals surface area (Å²) in [4.78, 5) is 53.5. The number of ketones is 1. The highest BCUT2D eigenvalue weighted by molar-refractivity contribution is 6.31. The van der Waals surface area contributed by atoms with Crippen molar-refractivity contribution in [2.24, 2.45) is 0 Å². The number of imide groups is 1. The molecule has 8 heteroatoms. The van der Waals surface area contributed by atoms with Gasteiger partial charge in [0, 0.05) is 21.9 Å². The molecule has 30 heavy (non-hydrogen) atoms. The summed E-state index contributed by atoms with van der Waals surface area (Å²) in [5, 5.41) is 12.7. The smallest absolute Gasteiger partial charge is 0.317 e. The number of hydrogen-bond donors (Lipinski definition) is 3. The van der Waals surface area contributed by atoms with E-state index in [2.05, 4.69) is 10.3 Å². The molecule has 2 aliphatic rings. The molecule has 3 N–H and O–H groups in total. The molecule has 3 aromatic rings. The molecule has 8 nitrogen and oxygen atoms in total. The average molecular weight is 405 g/mol. The Morgan fingerprint density at radius 3 is 2.57 bits per heavy atom. The van der Waals surface area contributed by atoms with Crippen molar-refractivity contribution in [3.05, 3.63) is 46.0 Å². The molecule has 1 aliphatic carbocycles. The van der Waals surface area contributed by atoms with Crippen molar-refractivity contribution < 1.29 is 24.3 Å². The van der Waals surface area contributed by atoms with Crippen LogP contribution in [0.15, 0.2) is 18.2 Å². The summed E-state index contributed by atoms with van der Waals surface area (Å²) in [7, 11) is 1.57. The lowest BCUT2D eigenvalue weighted by Gasteiger charge is -2.12. The normalized spacial score (nSPS) is 15.1. The maximum absolute atomic E-state index is 12.7. The molecule has 0 spiro atoms. The molecule has 5 rings (SSSR count). The molecule has 0 atom stereocenters. The van der Waals surface area contributed by atoms with E-state index in [0.29, 0.717) is 27.5 Å². The van der Waals surface area contributed by atoms with E-state index in [1.807, 2.05) is 0 Å². The fourth-order valence-corrected chi connectivity index (χ4v) is 4.75. The number of nitrogens with one attached hydrogen (secondary N) is 2. The molecule has 0 saturated heterocycles. The SMILES string of the molecule is CN(CC(=O)O)CC(=O)c1ccc2[nH]c3c4c(c5c(c3c2c1)C(=O)NC5=O)CCC4. The zero-order chi connectivity index (χ0) is 21.2. The zero-order valence-electron chi connectivity index (χ0n) is 16.3. The number of fused-ring (bicyclic) bond motifs is 8. The summed E-state index contributed by atoms with van der Waals surface area (Å²) in [5.74, 6) is -1.98. The van der Waals surface area contributed by atoms with Crippen LogP contribution >= 0.6 is 0 Å². The van der Waals surface area contributed by atoms with Crippen LogP contribution in [-0.4, -0.2) is 58.7 Å². The number of carbonyl (C=O) groups excluding carboxylic acids is 3. The van der Waals surface area contributed by atoms with Gasteiger partial charge in [0.2, 0.25) is 0 Å². The Labute approximate surface area is 170 Å². The summed E-state index contributed by atoms with van der Waals surface area (Å²) < 4.78 is 0. The van der Waals surface area contributed by atoms with Crippen molar-refractivity contribution >= 4 is 45.4 Å². The van der Waals surface area contributed by atoms with Crippen molar-refractivity contribution in [3.8, 4) is 0 Å². The van der Waals surface area contributed by atoms with E-state index in [1.165, 1.54) is 4.90 Å². The van der Waals surface area contributed by atoms with Gasteiger partial charge in [0.05, 0.1) is 29.7 Å². The second kappa shape index (κ2) is 6.50. The van der Waals surface area contributed by atoms with Gasteiger partial charge in [-0.25, -0.2) is 0 Å². The van der Waals surface area contributed by atoms with E-state index in [0.717, 1.165) is 41.4 Å². The van der Waals surface area contributed by atoms with E-state index in [1.54, 1.807) is 25.2 Å². The van der Waals surface area contributed by atoms with Crippen LogP contribution in [0.5, 0.6) is 0 Å². The number of amides is 2. The van der Waals surface area contributed by atoms with Gasteiger partial charge < -0.3 is 10.1 Å². The number of rotatable bonds is 5. The third-order valence-corrected chi connectivity index (χ3v) is 5.94. The van der Waals surface area contributed by atoms with Gasteiger partial charge in [-0.3, -0.25) is 29.4 Å². The lowest BCUT2D eigenvalue weighted by Crippen LogP contribution is -2.30. The molecule has 0 unspecified atom stereocenters. The Bertz CT molecular complexity index is 1300. The van der Waals surface area contributed by atoms with Gasteiger partial charge >= 0.3 is 5.97 Å². The first-order valence-corrected chi connectivity index (χ1v) is 9.77. The first-order valence-electron chi connectivity index (χ1n) is 9.77. The van der Waals surface area contributed by atoms with E-state index < -0.39 is 11.9 Å². The van der Waals surface area contributed by atoms with Crippen LogP contribution in [0.3, 0.4) is 0 Å². The Balaban J connectivity index is 1.69. The second-order valence-corrected chi connectivity index (χ2v) is 7.97. The minimum atomic E-state index is -1.00. The molecule has 0 bridgehead atoms. The van der Waals surface area contributed by atoms with Crippen molar-refractivity contribution in [3.63, 3.8) is 0 Å². The summed E-state index contributed by atoms with van der Waals surface area (Å²) in [5.41, 5.74) is 4.94. The van der Waals surface area contributed by atoms with Crippen LogP contribution in [0.2, 0.25) is 0 Å². The number of aryl methyl sites for hydroxylation is 1. The number of carbonyl (C=O) groups is 4. The van der Waals surface area contributed by atoms with Gasteiger partial charge in [0.1, 0.15) is 0 Å². The van der Waals surface area contributed by atoms with E-state index in [-0.39, 0.29) is 24.8 Å². The summed E-state index contributed by atoms with van der Waals surface area (Å²) in [6, 6.07) is 5.21. The Hall–Kier alpha value is -3.52. The molecule has 2 aromatic carbocycles. The van der Waals surface area contributed by atoms with Crippen LogP contribution in [0.1, 0.15) is 48.6 Å². The monoisotopic (exact) mass is 405 g/mol. The summed E-state index contributed by atoms with van der Waals surface area (Å²) in [6.45, 7) is -0.268. The number of aromatic amines is 1. The van der Waals surface area contributed by atoms with Crippen LogP contribution < -0.4 is 5.32 Å². The largest absolute Gasteiger partial charge is 0.480 e. The molecule has 0 radical (unpaired) electrons. The lowest BCUT2D eigenvalue weighted by molar-refractivity contribution is -0.137. The highest BCUT2D eigenvalue weighted by Gasteiger charge is 2.36. The van der Waals surface area contributed by atoms with E-state index in [9.17, 15) is 19.2 Å². The fraction of sp³-hybridized carbons (Fsp3) is 0.273. The number of likely N-dealkylation sites (N-methyl/N-ethyl adjacent to an activating group) is 1. The zero-order valence-corrected chi connectivity index (χ0v) is 16.3. The Morgan fingerprint density at radius 2 is 1.80 bits per heavy atom. The van der Waals surface area contributed by atoms with Gasteiger partial charge in [-0.15, -0.1) is 0 Å². The number of aromatic nitrogens is 1. The number of benzene rings is 2. The van der Waals surface area contributed by atoms with Gasteiger partial charge in [0.15, 0.2) is 5.78 Å². The predicted molar refractivity (Wildman–Crippen MR) is 109 cm³/mol. The van der Waals surface area contributed by atoms with Crippen molar-refractivity contribution in [2.75, 3.05) is 20.1 Å². The first-order chi connectivity index (χ1) is 14.3. The van der Waals surface area contributed by atoms with Gasteiger partial charge in [-0.1, -0.05) is 0 Å². The maximum Gasteiger partial charge on any atom is 0.317 e. The molecule has 1 aromatic heterocycles. The third-order valence-electron chi connectivity index (χ3n) is 5.94.